The van der Waals surface area contributed by atoms with E-state index in [1.54, 1.807) is 12.1 Å². The van der Waals surface area contributed by atoms with Crippen LogP contribution in [0.1, 0.15) is 26.3 Å². The van der Waals surface area contributed by atoms with Gasteiger partial charge in [-0.15, -0.1) is 0 Å². The molecule has 0 N–H and O–H groups in total. The van der Waals surface area contributed by atoms with Gasteiger partial charge in [0, 0.05) is 12.1 Å². The van der Waals surface area contributed by atoms with Crippen LogP contribution in [0.5, 0.6) is 11.5 Å². The Hall–Kier alpha value is -2.21. The smallest absolute Gasteiger partial charge is 0.297 e. The second-order valence-corrected chi connectivity index (χ2v) is 7.42. The lowest BCUT2D eigenvalue weighted by Crippen LogP contribution is -2.31. The molecule has 8 heteroatoms. The van der Waals surface area contributed by atoms with Crippen molar-refractivity contribution in [2.75, 3.05) is 0 Å². The second-order valence-electron chi connectivity index (χ2n) is 6.16. The van der Waals surface area contributed by atoms with Gasteiger partial charge in [-0.1, -0.05) is 32.9 Å². The minimum atomic E-state index is -4.67. The molecule has 128 valence electrons. The maximum absolute atomic E-state index is 12.0. The zero-order chi connectivity index (χ0) is 18.0. The van der Waals surface area contributed by atoms with Crippen molar-refractivity contribution in [3.8, 4) is 11.5 Å². The van der Waals surface area contributed by atoms with Crippen molar-refractivity contribution in [1.29, 1.82) is 0 Å². The van der Waals surface area contributed by atoms with Crippen LogP contribution in [0.4, 0.5) is 5.69 Å². The number of non-ortho nitro benzene ring substituents is 1. The first-order chi connectivity index (χ1) is 11.1. The fraction of sp³-hybridized carbons (Fsp3) is 0.250. The standard InChI is InChI=1S/C16H18NO6P/c1-16(2,3)12-5-4-6-15(11-12)23-24(20,21)22-14-9-7-13(8-10-14)17(18)19/h4-11H,1-3H3,(H,20,21)/p-1. The van der Waals surface area contributed by atoms with Gasteiger partial charge in [-0.3, -0.25) is 10.1 Å². The highest BCUT2D eigenvalue weighted by molar-refractivity contribution is 7.52. The van der Waals surface area contributed by atoms with Crippen LogP contribution in [-0.2, 0) is 5.41 Å². The minimum absolute atomic E-state index is 0.0640. The lowest BCUT2D eigenvalue weighted by atomic mass is 9.87. The number of hydrogen-bond acceptors (Lipinski definition) is 6. The van der Waals surface area contributed by atoms with Gasteiger partial charge < -0.3 is 18.8 Å². The lowest BCUT2D eigenvalue weighted by molar-refractivity contribution is -0.384. The van der Waals surface area contributed by atoms with E-state index in [1.165, 1.54) is 18.2 Å². The summed E-state index contributed by atoms with van der Waals surface area (Å²) in [7, 11) is -4.67. The number of phosphoric ester groups is 1. The summed E-state index contributed by atoms with van der Waals surface area (Å²) in [5.74, 6) is 0.0774. The van der Waals surface area contributed by atoms with Crippen molar-refractivity contribution in [2.24, 2.45) is 0 Å². The monoisotopic (exact) mass is 350 g/mol. The van der Waals surface area contributed by atoms with E-state index in [-0.39, 0.29) is 22.6 Å². The maximum Gasteiger partial charge on any atom is 0.297 e. The van der Waals surface area contributed by atoms with Crippen LogP contribution >= 0.6 is 8.17 Å². The number of nitro groups is 1. The number of rotatable bonds is 5. The summed E-state index contributed by atoms with van der Waals surface area (Å²) in [5.41, 5.74) is 0.586. The first-order valence-corrected chi connectivity index (χ1v) is 8.58. The zero-order valence-electron chi connectivity index (χ0n) is 13.5. The molecule has 0 aromatic heterocycles. The number of nitrogens with zero attached hydrogens (tertiary/aromatic N) is 1. The highest BCUT2D eigenvalue weighted by atomic mass is 31.2. The van der Waals surface area contributed by atoms with Crippen LogP contribution in [0.25, 0.3) is 0 Å². The molecule has 7 nitrogen and oxygen atoms in total. The van der Waals surface area contributed by atoms with Gasteiger partial charge in [0.25, 0.3) is 13.9 Å². The summed E-state index contributed by atoms with van der Waals surface area (Å²) in [6.45, 7) is 5.99. The highest BCUT2D eigenvalue weighted by Crippen LogP contribution is 2.44. The minimum Gasteiger partial charge on any atom is -0.620 e. The molecule has 0 fully saturated rings. The molecule has 0 atom stereocenters. The Morgan fingerprint density at radius 3 is 2.08 bits per heavy atom. The molecule has 0 unspecified atom stereocenters. The molecule has 0 bridgehead atoms. The fourth-order valence-electron chi connectivity index (χ4n) is 1.92. The molecule has 2 rings (SSSR count). The Morgan fingerprint density at radius 1 is 0.958 bits per heavy atom. The van der Waals surface area contributed by atoms with E-state index >= 15 is 0 Å². The van der Waals surface area contributed by atoms with Gasteiger partial charge in [0.15, 0.2) is 11.5 Å². The SMILES string of the molecule is CC(C)(C)c1cccc(O[P+]([O-])([O-])Oc2ccc([N+](=O)[O-])cc2)c1. The summed E-state index contributed by atoms with van der Waals surface area (Å²) < 4.78 is 9.78. The van der Waals surface area contributed by atoms with Gasteiger partial charge in [-0.2, -0.15) is 0 Å². The first-order valence-electron chi connectivity index (χ1n) is 7.12. The van der Waals surface area contributed by atoms with Crippen molar-refractivity contribution in [2.45, 2.75) is 26.2 Å². The van der Waals surface area contributed by atoms with Gasteiger partial charge in [-0.05, 0) is 35.2 Å². The van der Waals surface area contributed by atoms with Crippen LogP contribution < -0.4 is 18.8 Å². The normalized spacial score (nSPS) is 11.9. The van der Waals surface area contributed by atoms with Gasteiger partial charge in [0.1, 0.15) is 0 Å². The molecule has 0 saturated heterocycles. The number of hydrogen-bond donors (Lipinski definition) is 0. The molecule has 0 heterocycles. The van der Waals surface area contributed by atoms with Crippen LogP contribution in [0.2, 0.25) is 0 Å². The Labute approximate surface area is 140 Å². The van der Waals surface area contributed by atoms with Gasteiger partial charge in [-0.25, -0.2) is 0 Å². The third-order valence-electron chi connectivity index (χ3n) is 3.18. The molecule has 0 spiro atoms. The lowest BCUT2D eigenvalue weighted by Gasteiger charge is -2.31. The summed E-state index contributed by atoms with van der Waals surface area (Å²) in [6, 6.07) is 11.4. The largest absolute Gasteiger partial charge is 0.620 e. The molecule has 0 aliphatic heterocycles. The van der Waals surface area contributed by atoms with E-state index in [9.17, 15) is 19.9 Å². The van der Waals surface area contributed by atoms with Crippen LogP contribution in [0, 0.1) is 10.1 Å². The van der Waals surface area contributed by atoms with Crippen molar-refractivity contribution in [3.63, 3.8) is 0 Å². The van der Waals surface area contributed by atoms with E-state index < -0.39 is 13.1 Å². The molecule has 0 radical (unpaired) electrons. The van der Waals surface area contributed by atoms with E-state index in [0.29, 0.717) is 0 Å². The zero-order valence-corrected chi connectivity index (χ0v) is 14.4. The molecule has 0 aliphatic rings. The molecule has 2 aromatic carbocycles. The van der Waals surface area contributed by atoms with Crippen molar-refractivity contribution in [3.05, 3.63) is 64.2 Å². The molecular formula is C16H17NO6P-. The molecule has 2 aromatic rings. The van der Waals surface area contributed by atoms with Crippen LogP contribution in [0.3, 0.4) is 0 Å². The molecule has 0 aliphatic carbocycles. The van der Waals surface area contributed by atoms with Gasteiger partial charge in [0.2, 0.25) is 0 Å². The Morgan fingerprint density at radius 2 is 1.54 bits per heavy atom. The highest BCUT2D eigenvalue weighted by Gasteiger charge is 2.22. The molecule has 0 amide bonds. The van der Waals surface area contributed by atoms with E-state index in [4.69, 9.17) is 9.05 Å². The van der Waals surface area contributed by atoms with E-state index in [0.717, 1.165) is 17.7 Å². The number of nitro benzene ring substituents is 1. The van der Waals surface area contributed by atoms with E-state index in [2.05, 4.69) is 0 Å². The quantitative estimate of drug-likeness (QED) is 0.466. The average Bonchev–Trinajstić information content (AvgIpc) is 2.46. The summed E-state index contributed by atoms with van der Waals surface area (Å²) >= 11 is 0. The van der Waals surface area contributed by atoms with Crippen LogP contribution in [-0.4, -0.2) is 4.92 Å². The predicted molar refractivity (Wildman–Crippen MR) is 86.4 cm³/mol. The summed E-state index contributed by atoms with van der Waals surface area (Å²) in [5, 5.41) is 10.6. The molecular weight excluding hydrogens is 333 g/mol. The Bertz CT molecular complexity index is 724. The van der Waals surface area contributed by atoms with Gasteiger partial charge in [0.05, 0.1) is 4.92 Å². The maximum atomic E-state index is 12.0. The van der Waals surface area contributed by atoms with Crippen molar-refractivity contribution >= 4 is 13.9 Å². The molecule has 24 heavy (non-hydrogen) atoms. The van der Waals surface area contributed by atoms with Crippen molar-refractivity contribution < 1.29 is 23.8 Å². The number of phosphoric acid groups is 1. The van der Waals surface area contributed by atoms with Crippen molar-refractivity contribution in [1.82, 2.24) is 0 Å². The van der Waals surface area contributed by atoms with Crippen LogP contribution in [0.15, 0.2) is 48.5 Å². The summed E-state index contributed by atoms with van der Waals surface area (Å²) in [4.78, 5) is 34.0. The topological polar surface area (TPSA) is 108 Å². The van der Waals surface area contributed by atoms with Gasteiger partial charge >= 0.3 is 0 Å². The first kappa shape index (κ1) is 18.1. The average molecular weight is 350 g/mol. The third kappa shape index (κ3) is 4.89. The Balaban J connectivity index is 2.12. The second kappa shape index (κ2) is 6.73. The Kier molecular flexibility index (Phi) is 5.08. The summed E-state index contributed by atoms with van der Waals surface area (Å²) in [6.07, 6.45) is 0. The predicted octanol–water partition coefficient (Wildman–Crippen LogP) is 2.75. The molecule has 0 saturated carbocycles. The van der Waals surface area contributed by atoms with E-state index in [1.807, 2.05) is 26.8 Å². The number of benzene rings is 2. The fourth-order valence-corrected chi connectivity index (χ4v) is 2.71. The third-order valence-corrected chi connectivity index (χ3v) is 4.05.